The first kappa shape index (κ1) is 26.4. The highest BCUT2D eigenvalue weighted by molar-refractivity contribution is 6.08. The second-order valence-corrected chi connectivity index (χ2v) is 9.73. The first-order valence-corrected chi connectivity index (χ1v) is 12.3. The van der Waals surface area contributed by atoms with Gasteiger partial charge in [0.05, 0.1) is 22.3 Å². The number of amides is 1. The lowest BCUT2D eigenvalue weighted by Gasteiger charge is -2.24. The Kier molecular flexibility index (Phi) is 6.85. The van der Waals surface area contributed by atoms with Crippen molar-refractivity contribution in [3.63, 3.8) is 0 Å². The third-order valence-corrected chi connectivity index (χ3v) is 6.95. The van der Waals surface area contributed by atoms with Crippen molar-refractivity contribution in [2.45, 2.75) is 18.6 Å². The summed E-state index contributed by atoms with van der Waals surface area (Å²) in [5, 5.41) is 3.21. The predicted octanol–water partition coefficient (Wildman–Crippen LogP) is 5.43. The zero-order chi connectivity index (χ0) is 27.9. The highest BCUT2D eigenvalue weighted by atomic mass is 19.4. The molecule has 3 N–H and O–H groups in total. The molecule has 202 valence electrons. The lowest BCUT2D eigenvalue weighted by atomic mass is 10.0. The Morgan fingerprint density at radius 2 is 1.82 bits per heavy atom. The van der Waals surface area contributed by atoms with Gasteiger partial charge in [0.25, 0.3) is 5.91 Å². The Morgan fingerprint density at radius 1 is 1.08 bits per heavy atom. The van der Waals surface area contributed by atoms with E-state index in [1.165, 1.54) is 18.2 Å². The number of hydrogen-bond acceptors (Lipinski definition) is 6. The quantitative estimate of drug-likeness (QED) is 0.330. The molecule has 1 amide bonds. The van der Waals surface area contributed by atoms with Crippen LogP contribution in [0.25, 0.3) is 22.0 Å². The third kappa shape index (κ3) is 5.49. The molecule has 1 saturated heterocycles. The third-order valence-electron chi connectivity index (χ3n) is 6.95. The van der Waals surface area contributed by atoms with Gasteiger partial charge in [0.15, 0.2) is 0 Å². The van der Waals surface area contributed by atoms with E-state index >= 15 is 0 Å². The Labute approximate surface area is 222 Å². The summed E-state index contributed by atoms with van der Waals surface area (Å²) in [6.07, 6.45) is -2.27. The molecule has 1 fully saturated rings. The maximum Gasteiger partial charge on any atom is 0.416 e. The van der Waals surface area contributed by atoms with Crippen LogP contribution >= 0.6 is 0 Å². The number of hydrogen-bond donors (Lipinski definition) is 2. The molecule has 39 heavy (non-hydrogen) atoms. The van der Waals surface area contributed by atoms with E-state index in [9.17, 15) is 22.4 Å². The fraction of sp³-hybridized carbons (Fsp3) is 0.250. The van der Waals surface area contributed by atoms with Gasteiger partial charge in [-0.25, -0.2) is 14.4 Å². The van der Waals surface area contributed by atoms with Gasteiger partial charge < -0.3 is 20.9 Å². The number of nitrogens with one attached hydrogen (secondary N) is 1. The van der Waals surface area contributed by atoms with Crippen molar-refractivity contribution in [3.8, 4) is 11.1 Å². The normalized spacial score (nSPS) is 15.8. The second kappa shape index (κ2) is 10.1. The van der Waals surface area contributed by atoms with Crippen LogP contribution in [0.2, 0.25) is 0 Å². The molecule has 1 aliphatic rings. The van der Waals surface area contributed by atoms with Gasteiger partial charge >= 0.3 is 6.18 Å². The SMILES string of the molecule is CN(C)C1CCN(c2ccc(C(F)(F)F)cc2C(=O)Nc2cc(-c3ccc4nc(N)ncc4c3)ccc2F)C1. The Balaban J connectivity index is 1.48. The number of carbonyl (C=O) groups is 1. The van der Waals surface area contributed by atoms with E-state index in [-0.39, 0.29) is 23.2 Å². The lowest BCUT2D eigenvalue weighted by molar-refractivity contribution is -0.137. The molecule has 1 unspecified atom stereocenters. The van der Waals surface area contributed by atoms with Gasteiger partial charge in [-0.1, -0.05) is 12.1 Å². The molecule has 0 saturated carbocycles. The molecule has 5 rings (SSSR count). The van der Waals surface area contributed by atoms with E-state index in [1.54, 1.807) is 30.5 Å². The first-order valence-electron chi connectivity index (χ1n) is 12.3. The molecule has 4 aromatic rings. The highest BCUT2D eigenvalue weighted by Gasteiger charge is 2.34. The van der Waals surface area contributed by atoms with Crippen molar-refractivity contribution in [1.29, 1.82) is 0 Å². The van der Waals surface area contributed by atoms with E-state index in [2.05, 4.69) is 15.3 Å². The van der Waals surface area contributed by atoms with Crippen LogP contribution < -0.4 is 16.0 Å². The average Bonchev–Trinajstić information content (AvgIpc) is 3.39. The smallest absolute Gasteiger partial charge is 0.369 e. The molecule has 11 heteroatoms. The number of aromatic nitrogens is 2. The van der Waals surface area contributed by atoms with Crippen LogP contribution in [0.1, 0.15) is 22.3 Å². The molecule has 1 aromatic heterocycles. The van der Waals surface area contributed by atoms with Gasteiger partial charge in [-0.15, -0.1) is 0 Å². The average molecular weight is 539 g/mol. The van der Waals surface area contributed by atoms with E-state index in [1.807, 2.05) is 23.9 Å². The van der Waals surface area contributed by atoms with Gasteiger partial charge in [0, 0.05) is 36.4 Å². The van der Waals surface area contributed by atoms with Gasteiger partial charge in [-0.2, -0.15) is 13.2 Å². The summed E-state index contributed by atoms with van der Waals surface area (Å²) >= 11 is 0. The van der Waals surface area contributed by atoms with Crippen LogP contribution in [-0.2, 0) is 6.18 Å². The second-order valence-electron chi connectivity index (χ2n) is 9.73. The molecule has 3 aromatic carbocycles. The van der Waals surface area contributed by atoms with Crippen LogP contribution in [-0.4, -0.2) is 54.0 Å². The summed E-state index contributed by atoms with van der Waals surface area (Å²) in [6, 6.07) is 12.8. The molecule has 0 spiro atoms. The first-order chi connectivity index (χ1) is 18.5. The minimum atomic E-state index is -4.64. The molecule has 0 aliphatic carbocycles. The van der Waals surface area contributed by atoms with Crippen LogP contribution in [0.15, 0.2) is 60.8 Å². The van der Waals surface area contributed by atoms with Crippen molar-refractivity contribution in [1.82, 2.24) is 14.9 Å². The minimum Gasteiger partial charge on any atom is -0.369 e. The number of alkyl halides is 3. The van der Waals surface area contributed by atoms with E-state index in [0.717, 1.165) is 18.6 Å². The molecule has 0 bridgehead atoms. The number of anilines is 3. The van der Waals surface area contributed by atoms with E-state index in [0.29, 0.717) is 40.8 Å². The maximum atomic E-state index is 14.8. The fourth-order valence-electron chi connectivity index (χ4n) is 4.77. The summed E-state index contributed by atoms with van der Waals surface area (Å²) in [6.45, 7) is 1.13. The lowest BCUT2D eigenvalue weighted by Crippen LogP contribution is -2.32. The number of nitrogen functional groups attached to an aromatic ring is 1. The number of nitrogens with two attached hydrogens (primary N) is 1. The molecule has 7 nitrogen and oxygen atoms in total. The van der Waals surface area contributed by atoms with Crippen LogP contribution in [0.3, 0.4) is 0 Å². The minimum absolute atomic E-state index is 0.141. The largest absolute Gasteiger partial charge is 0.416 e. The number of benzene rings is 3. The van der Waals surface area contributed by atoms with Crippen molar-refractivity contribution in [2.24, 2.45) is 0 Å². The molecule has 0 radical (unpaired) electrons. The predicted molar refractivity (Wildman–Crippen MR) is 143 cm³/mol. The molecular weight excluding hydrogens is 512 g/mol. The standard InChI is InChI=1S/C28H26F4N6O/c1-37(2)20-9-10-38(15-20)25-8-5-19(28(30,31)32)13-21(25)26(39)35-24-12-17(3-6-22(24)29)16-4-7-23-18(11-16)14-34-27(33)36-23/h3-8,11-14,20H,9-10,15H2,1-2H3,(H,35,39)(H2,33,34,36). The fourth-order valence-corrected chi connectivity index (χ4v) is 4.77. The Morgan fingerprint density at radius 3 is 2.54 bits per heavy atom. The van der Waals surface area contributed by atoms with E-state index < -0.39 is 23.5 Å². The summed E-state index contributed by atoms with van der Waals surface area (Å²) < 4.78 is 55.5. The zero-order valence-electron chi connectivity index (χ0n) is 21.3. The summed E-state index contributed by atoms with van der Waals surface area (Å²) in [4.78, 5) is 25.5. The van der Waals surface area contributed by atoms with E-state index in [4.69, 9.17) is 5.73 Å². The van der Waals surface area contributed by atoms with Crippen molar-refractivity contribution in [2.75, 3.05) is 43.1 Å². The van der Waals surface area contributed by atoms with Gasteiger partial charge in [0.1, 0.15) is 5.82 Å². The summed E-state index contributed by atoms with van der Waals surface area (Å²) in [5.74, 6) is -1.41. The number of likely N-dealkylation sites (N-methyl/N-ethyl adjacent to an activating group) is 1. The summed E-state index contributed by atoms with van der Waals surface area (Å²) in [5.41, 5.74) is 6.66. The summed E-state index contributed by atoms with van der Waals surface area (Å²) in [7, 11) is 3.87. The van der Waals surface area contributed by atoms with Crippen LogP contribution in [0.5, 0.6) is 0 Å². The maximum absolute atomic E-state index is 14.8. The number of fused-ring (bicyclic) bond motifs is 1. The molecular formula is C28H26F4N6O. The van der Waals surface area contributed by atoms with Crippen molar-refractivity contribution in [3.05, 3.63) is 77.7 Å². The monoisotopic (exact) mass is 538 g/mol. The van der Waals surface area contributed by atoms with Crippen molar-refractivity contribution < 1.29 is 22.4 Å². The topological polar surface area (TPSA) is 87.4 Å². The van der Waals surface area contributed by atoms with Gasteiger partial charge in [-0.05, 0) is 74.1 Å². The van der Waals surface area contributed by atoms with Crippen LogP contribution in [0.4, 0.5) is 34.9 Å². The molecule has 2 heterocycles. The van der Waals surface area contributed by atoms with Gasteiger partial charge in [0.2, 0.25) is 5.95 Å². The molecule has 1 aliphatic heterocycles. The number of carbonyl (C=O) groups excluding carboxylic acids is 1. The Hall–Kier alpha value is -4.25. The highest BCUT2D eigenvalue weighted by Crippen LogP contribution is 2.35. The number of rotatable bonds is 5. The zero-order valence-corrected chi connectivity index (χ0v) is 21.3. The van der Waals surface area contributed by atoms with Crippen LogP contribution in [0, 0.1) is 5.82 Å². The van der Waals surface area contributed by atoms with Gasteiger partial charge in [-0.3, -0.25) is 4.79 Å². The number of halogens is 4. The van der Waals surface area contributed by atoms with Crippen molar-refractivity contribution >= 4 is 34.1 Å². The number of nitrogens with zero attached hydrogens (tertiary/aromatic N) is 4. The molecule has 1 atom stereocenters. The Bertz CT molecular complexity index is 1560.